The highest BCUT2D eigenvalue weighted by Gasteiger charge is 2.13. The Morgan fingerprint density at radius 3 is 2.58 bits per heavy atom. The number of carbonyl (C=O) groups is 1. The second kappa shape index (κ2) is 9.22. The van der Waals surface area contributed by atoms with Gasteiger partial charge in [-0.25, -0.2) is 0 Å². The van der Waals surface area contributed by atoms with Gasteiger partial charge in [-0.1, -0.05) is 23.8 Å². The summed E-state index contributed by atoms with van der Waals surface area (Å²) in [5, 5.41) is 23.0. The van der Waals surface area contributed by atoms with E-state index in [9.17, 15) is 15.0 Å². The molecule has 0 aliphatic heterocycles. The van der Waals surface area contributed by atoms with Crippen LogP contribution in [0.25, 0.3) is 0 Å². The smallest absolute Gasteiger partial charge is 0.252 e. The summed E-state index contributed by atoms with van der Waals surface area (Å²) in [7, 11) is 2.06. The molecule has 0 fully saturated rings. The van der Waals surface area contributed by atoms with Crippen molar-refractivity contribution in [3.8, 4) is 5.75 Å². The van der Waals surface area contributed by atoms with Crippen LogP contribution in [0.1, 0.15) is 34.0 Å². The van der Waals surface area contributed by atoms with Gasteiger partial charge in [0.1, 0.15) is 5.75 Å². The van der Waals surface area contributed by atoms with Crippen molar-refractivity contribution in [1.29, 1.82) is 0 Å². The number of hydrogen-bond acceptors (Lipinski definition) is 5. The number of primary amides is 1. The van der Waals surface area contributed by atoms with Crippen LogP contribution >= 0.6 is 0 Å². The first-order valence-corrected chi connectivity index (χ1v) is 8.68. The van der Waals surface area contributed by atoms with E-state index < -0.39 is 12.0 Å². The minimum absolute atomic E-state index is 0.0151. The van der Waals surface area contributed by atoms with E-state index in [2.05, 4.69) is 48.5 Å². The lowest BCUT2D eigenvalue weighted by atomic mass is 10.0. The molecule has 2 aromatic rings. The van der Waals surface area contributed by atoms with E-state index in [0.717, 1.165) is 19.5 Å². The first-order valence-electron chi connectivity index (χ1n) is 8.68. The standard InChI is InChI=1S/C20H27N3O3/c1-14-4-7-16(8-5-14)23(2)11-3-10-22-13-19(25)15-6-9-18(24)17(12-15)20(21)26/h4-9,12,19,22,24-25H,3,10-11,13H2,1-2H3,(H2,21,26). The molecule has 2 rings (SSSR count). The highest BCUT2D eigenvalue weighted by molar-refractivity contribution is 5.95. The van der Waals surface area contributed by atoms with E-state index in [1.165, 1.54) is 23.4 Å². The molecule has 0 saturated carbocycles. The summed E-state index contributed by atoms with van der Waals surface area (Å²) in [5.41, 5.74) is 8.19. The molecule has 1 atom stereocenters. The lowest BCUT2D eigenvalue weighted by Crippen LogP contribution is -2.26. The van der Waals surface area contributed by atoms with Crippen LogP contribution in [-0.2, 0) is 0 Å². The average Bonchev–Trinajstić information content (AvgIpc) is 2.61. The fraction of sp³-hybridized carbons (Fsp3) is 0.350. The molecule has 0 heterocycles. The number of hydrogen-bond donors (Lipinski definition) is 4. The number of amides is 1. The number of phenols is 1. The summed E-state index contributed by atoms with van der Waals surface area (Å²) >= 11 is 0. The fourth-order valence-corrected chi connectivity index (χ4v) is 2.68. The van der Waals surface area contributed by atoms with E-state index in [1.807, 2.05) is 0 Å². The van der Waals surface area contributed by atoms with Crippen molar-refractivity contribution in [3.05, 3.63) is 59.2 Å². The number of benzene rings is 2. The highest BCUT2D eigenvalue weighted by atomic mass is 16.3. The minimum Gasteiger partial charge on any atom is -0.507 e. The van der Waals surface area contributed by atoms with Crippen molar-refractivity contribution in [1.82, 2.24) is 5.32 Å². The molecule has 0 radical (unpaired) electrons. The van der Waals surface area contributed by atoms with Gasteiger partial charge in [-0.2, -0.15) is 0 Å². The van der Waals surface area contributed by atoms with Gasteiger partial charge >= 0.3 is 0 Å². The van der Waals surface area contributed by atoms with Crippen molar-refractivity contribution in [2.24, 2.45) is 5.73 Å². The fourth-order valence-electron chi connectivity index (χ4n) is 2.68. The predicted octanol–water partition coefficient (Wildman–Crippen LogP) is 1.95. The summed E-state index contributed by atoms with van der Waals surface area (Å²) in [4.78, 5) is 13.4. The molecular formula is C20H27N3O3. The van der Waals surface area contributed by atoms with Gasteiger partial charge in [0.25, 0.3) is 5.91 Å². The Morgan fingerprint density at radius 1 is 1.23 bits per heavy atom. The zero-order chi connectivity index (χ0) is 19.1. The summed E-state index contributed by atoms with van der Waals surface area (Å²) in [6, 6.07) is 12.8. The Bertz CT molecular complexity index is 732. The second-order valence-corrected chi connectivity index (χ2v) is 6.47. The van der Waals surface area contributed by atoms with Crippen LogP contribution in [0.2, 0.25) is 0 Å². The molecule has 0 bridgehead atoms. The van der Waals surface area contributed by atoms with Crippen LogP contribution in [0.4, 0.5) is 5.69 Å². The summed E-state index contributed by atoms with van der Waals surface area (Å²) in [5.74, 6) is -0.899. The molecule has 5 N–H and O–H groups in total. The maximum atomic E-state index is 11.3. The van der Waals surface area contributed by atoms with E-state index in [1.54, 1.807) is 6.07 Å². The monoisotopic (exact) mass is 357 g/mol. The number of rotatable bonds is 9. The van der Waals surface area contributed by atoms with E-state index in [-0.39, 0.29) is 11.3 Å². The van der Waals surface area contributed by atoms with Crippen molar-refractivity contribution >= 4 is 11.6 Å². The van der Waals surface area contributed by atoms with Gasteiger partial charge in [-0.15, -0.1) is 0 Å². The summed E-state index contributed by atoms with van der Waals surface area (Å²) in [6.07, 6.45) is 0.155. The van der Waals surface area contributed by atoms with Gasteiger partial charge in [0, 0.05) is 25.8 Å². The number of anilines is 1. The summed E-state index contributed by atoms with van der Waals surface area (Å²) < 4.78 is 0. The van der Waals surface area contributed by atoms with Gasteiger partial charge in [0.2, 0.25) is 0 Å². The van der Waals surface area contributed by atoms with Gasteiger partial charge < -0.3 is 26.2 Å². The third-order valence-electron chi connectivity index (χ3n) is 4.33. The van der Waals surface area contributed by atoms with Gasteiger partial charge in [0.15, 0.2) is 0 Å². The predicted molar refractivity (Wildman–Crippen MR) is 104 cm³/mol. The Labute approximate surface area is 154 Å². The zero-order valence-electron chi connectivity index (χ0n) is 15.3. The number of nitrogens with zero attached hydrogens (tertiary/aromatic N) is 1. The van der Waals surface area contributed by atoms with Crippen LogP contribution in [0.5, 0.6) is 5.75 Å². The maximum absolute atomic E-state index is 11.3. The number of nitrogens with one attached hydrogen (secondary N) is 1. The molecule has 140 valence electrons. The number of aromatic hydroxyl groups is 1. The van der Waals surface area contributed by atoms with Crippen LogP contribution in [0.3, 0.4) is 0 Å². The third-order valence-corrected chi connectivity index (χ3v) is 4.33. The minimum atomic E-state index is -0.775. The molecule has 0 spiro atoms. The molecule has 1 amide bonds. The Kier molecular flexibility index (Phi) is 7.00. The Hall–Kier alpha value is -2.57. The lowest BCUT2D eigenvalue weighted by Gasteiger charge is -2.20. The van der Waals surface area contributed by atoms with Crippen LogP contribution in [0, 0.1) is 6.92 Å². The second-order valence-electron chi connectivity index (χ2n) is 6.47. The molecular weight excluding hydrogens is 330 g/mol. The van der Waals surface area contributed by atoms with Gasteiger partial charge in [-0.05, 0) is 49.7 Å². The molecule has 0 aliphatic rings. The number of aryl methyl sites for hydroxylation is 1. The third kappa shape index (κ3) is 5.47. The van der Waals surface area contributed by atoms with Crippen molar-refractivity contribution in [2.75, 3.05) is 31.6 Å². The first-order chi connectivity index (χ1) is 12.4. The largest absolute Gasteiger partial charge is 0.507 e. The van der Waals surface area contributed by atoms with E-state index >= 15 is 0 Å². The number of nitrogens with two attached hydrogens (primary N) is 1. The molecule has 0 saturated heterocycles. The SMILES string of the molecule is Cc1ccc(N(C)CCCNCC(O)c2ccc(O)c(C(N)=O)c2)cc1. The van der Waals surface area contributed by atoms with Crippen molar-refractivity contribution in [3.63, 3.8) is 0 Å². The Morgan fingerprint density at radius 2 is 1.92 bits per heavy atom. The van der Waals surface area contributed by atoms with E-state index in [4.69, 9.17) is 5.73 Å². The van der Waals surface area contributed by atoms with E-state index in [0.29, 0.717) is 12.1 Å². The topological polar surface area (TPSA) is 98.8 Å². The number of aliphatic hydroxyl groups is 1. The summed E-state index contributed by atoms with van der Waals surface area (Å²) in [6.45, 7) is 4.09. The maximum Gasteiger partial charge on any atom is 0.252 e. The molecule has 26 heavy (non-hydrogen) atoms. The van der Waals surface area contributed by atoms with Crippen LogP contribution in [0.15, 0.2) is 42.5 Å². The highest BCUT2D eigenvalue weighted by Crippen LogP contribution is 2.21. The average molecular weight is 357 g/mol. The van der Waals surface area contributed by atoms with Crippen molar-refractivity contribution in [2.45, 2.75) is 19.4 Å². The molecule has 6 nitrogen and oxygen atoms in total. The van der Waals surface area contributed by atoms with Gasteiger partial charge in [-0.3, -0.25) is 4.79 Å². The molecule has 1 unspecified atom stereocenters. The first kappa shape index (κ1) is 19.8. The quantitative estimate of drug-likeness (QED) is 0.514. The normalized spacial score (nSPS) is 12.0. The molecule has 0 aromatic heterocycles. The zero-order valence-corrected chi connectivity index (χ0v) is 15.3. The molecule has 2 aromatic carbocycles. The molecule has 0 aliphatic carbocycles. The van der Waals surface area contributed by atoms with Crippen LogP contribution < -0.4 is 16.0 Å². The molecule has 6 heteroatoms. The number of aliphatic hydroxyl groups excluding tert-OH is 1. The Balaban J connectivity index is 1.75. The van der Waals surface area contributed by atoms with Gasteiger partial charge in [0.05, 0.1) is 11.7 Å². The van der Waals surface area contributed by atoms with Crippen LogP contribution in [-0.4, -0.2) is 42.8 Å². The number of carbonyl (C=O) groups excluding carboxylic acids is 1. The van der Waals surface area contributed by atoms with Crippen molar-refractivity contribution < 1.29 is 15.0 Å². The lowest BCUT2D eigenvalue weighted by molar-refractivity contribution is 0.0997.